The van der Waals surface area contributed by atoms with Crippen LogP contribution in [0.5, 0.6) is 0 Å². The molecule has 0 aliphatic carbocycles. The van der Waals surface area contributed by atoms with Gasteiger partial charge in [0.15, 0.2) is 0 Å². The fraction of sp³-hybridized carbons (Fsp3) is 0.379. The zero-order chi connectivity index (χ0) is 24.5. The molecule has 0 N–H and O–H groups in total. The van der Waals surface area contributed by atoms with Crippen molar-refractivity contribution in [3.63, 3.8) is 0 Å². The molecule has 0 aromatic heterocycles. The van der Waals surface area contributed by atoms with E-state index >= 15 is 0 Å². The second kappa shape index (κ2) is 12.7. The Kier molecular flexibility index (Phi) is 9.67. The van der Waals surface area contributed by atoms with E-state index in [2.05, 4.69) is 61.2 Å². The molecule has 1 saturated heterocycles. The van der Waals surface area contributed by atoms with Gasteiger partial charge in [-0.05, 0) is 73.0 Å². The number of ether oxygens (including phenoxy) is 1. The Balaban J connectivity index is 0.000000192. The molecule has 5 heteroatoms. The van der Waals surface area contributed by atoms with Crippen LogP contribution in [0.25, 0.3) is 10.8 Å². The first-order valence-electron chi connectivity index (χ1n) is 12.1. The Bertz CT molecular complexity index is 1090. The normalized spacial score (nSPS) is 17.4. The van der Waals surface area contributed by atoms with Crippen LogP contribution in [0, 0.1) is 5.92 Å². The summed E-state index contributed by atoms with van der Waals surface area (Å²) in [6.45, 7) is 9.45. The van der Waals surface area contributed by atoms with E-state index in [-0.39, 0.29) is 24.1 Å². The molecular weight excluding hydrogens is 446 g/mol. The Labute approximate surface area is 207 Å². The molecule has 3 aromatic carbocycles. The van der Waals surface area contributed by atoms with Gasteiger partial charge in [0.05, 0.1) is 12.3 Å². The maximum absolute atomic E-state index is 11.4. The number of esters is 1. The molecule has 3 aromatic rings. The van der Waals surface area contributed by atoms with Crippen LogP contribution >= 0.6 is 11.6 Å². The number of cyclic esters (lactones) is 1. The highest BCUT2D eigenvalue weighted by Gasteiger charge is 2.38. The molecule has 1 aliphatic heterocycles. The van der Waals surface area contributed by atoms with E-state index in [4.69, 9.17) is 16.3 Å². The molecule has 180 valence electrons. The first kappa shape index (κ1) is 25.9. The average molecular weight is 480 g/mol. The maximum atomic E-state index is 11.4. The molecule has 1 heterocycles. The van der Waals surface area contributed by atoms with Gasteiger partial charge >= 0.3 is 5.97 Å². The van der Waals surface area contributed by atoms with Gasteiger partial charge in [-0.1, -0.05) is 74.0 Å². The van der Waals surface area contributed by atoms with Gasteiger partial charge in [0.1, 0.15) is 11.9 Å². The van der Waals surface area contributed by atoms with Gasteiger partial charge in [0, 0.05) is 11.6 Å². The second-order valence-electron chi connectivity index (χ2n) is 8.84. The first-order chi connectivity index (χ1) is 16.4. The summed E-state index contributed by atoms with van der Waals surface area (Å²) in [4.78, 5) is 25.1. The zero-order valence-electron chi connectivity index (χ0n) is 20.3. The van der Waals surface area contributed by atoms with Crippen molar-refractivity contribution < 1.29 is 14.3 Å². The van der Waals surface area contributed by atoms with Crippen molar-refractivity contribution in [2.24, 2.45) is 5.92 Å². The molecule has 4 rings (SSSR count). The zero-order valence-corrected chi connectivity index (χ0v) is 21.1. The second-order valence-corrected chi connectivity index (χ2v) is 9.28. The summed E-state index contributed by atoms with van der Waals surface area (Å²) >= 11 is 5.77. The summed E-state index contributed by atoms with van der Waals surface area (Å²) < 4.78 is 5.16. The first-order valence-corrected chi connectivity index (χ1v) is 12.4. The van der Waals surface area contributed by atoms with Crippen LogP contribution in [0.3, 0.4) is 0 Å². The molecule has 4 nitrogen and oxygen atoms in total. The molecule has 0 bridgehead atoms. The van der Waals surface area contributed by atoms with Crippen LogP contribution in [-0.4, -0.2) is 29.7 Å². The molecule has 1 fully saturated rings. The number of hydrogen-bond acceptors (Lipinski definition) is 4. The summed E-state index contributed by atoms with van der Waals surface area (Å²) in [6.07, 6.45) is 2.17. The van der Waals surface area contributed by atoms with E-state index < -0.39 is 6.10 Å². The van der Waals surface area contributed by atoms with Crippen molar-refractivity contribution in [1.29, 1.82) is 0 Å². The van der Waals surface area contributed by atoms with E-state index in [0.29, 0.717) is 5.02 Å². The SMILES string of the molecule is CC(=O)[C@H]1CC(=O)O[C@@H]1c1ccc(Cl)cc1.CCCN(CCC)Cc1ccc2ccccc2c1. The van der Waals surface area contributed by atoms with Gasteiger partial charge in [-0.3, -0.25) is 14.5 Å². The quantitative estimate of drug-likeness (QED) is 0.326. The van der Waals surface area contributed by atoms with Gasteiger partial charge < -0.3 is 4.74 Å². The lowest BCUT2D eigenvalue weighted by atomic mass is 9.92. The predicted octanol–water partition coefficient (Wildman–Crippen LogP) is 7.00. The average Bonchev–Trinajstić information content (AvgIpc) is 3.22. The summed E-state index contributed by atoms with van der Waals surface area (Å²) in [6, 6.07) is 22.4. The van der Waals surface area contributed by atoms with Crippen molar-refractivity contribution in [1.82, 2.24) is 4.90 Å². The van der Waals surface area contributed by atoms with Crippen molar-refractivity contribution in [3.8, 4) is 0 Å². The van der Waals surface area contributed by atoms with Crippen LogP contribution in [0.15, 0.2) is 66.7 Å². The molecule has 34 heavy (non-hydrogen) atoms. The Morgan fingerprint density at radius 2 is 1.62 bits per heavy atom. The predicted molar refractivity (Wildman–Crippen MR) is 139 cm³/mol. The standard InChI is InChI=1S/C17H23N.C12H11ClO3/c1-3-11-18(12-4-2)14-15-9-10-16-7-5-6-8-17(16)13-15;1-7(14)10-6-11(15)16-12(10)8-2-4-9(13)5-3-8/h5-10,13H,3-4,11-12,14H2,1-2H3;2-5,10,12H,6H2,1H3/t;10-,12-/m.1/s1. The molecule has 0 spiro atoms. The number of carbonyl (C=O) groups excluding carboxylic acids is 2. The molecule has 0 unspecified atom stereocenters. The van der Waals surface area contributed by atoms with Crippen molar-refractivity contribution in [2.45, 2.75) is 52.7 Å². The van der Waals surface area contributed by atoms with Crippen LogP contribution < -0.4 is 0 Å². The number of benzene rings is 3. The number of carbonyl (C=O) groups is 2. The van der Waals surface area contributed by atoms with Crippen molar-refractivity contribution >= 4 is 34.1 Å². The lowest BCUT2D eigenvalue weighted by Crippen LogP contribution is -2.24. The third kappa shape index (κ3) is 7.15. The summed E-state index contributed by atoms with van der Waals surface area (Å²) in [5, 5.41) is 3.30. The number of fused-ring (bicyclic) bond motifs is 1. The van der Waals surface area contributed by atoms with Crippen LogP contribution in [0.4, 0.5) is 0 Å². The third-order valence-corrected chi connectivity index (χ3v) is 6.28. The van der Waals surface area contributed by atoms with Gasteiger partial charge in [0.2, 0.25) is 0 Å². The minimum absolute atomic E-state index is 0.0224. The fourth-order valence-corrected chi connectivity index (χ4v) is 4.49. The van der Waals surface area contributed by atoms with Gasteiger partial charge in [0.25, 0.3) is 0 Å². The minimum atomic E-state index is -0.456. The molecular formula is C29H34ClNO3. The molecule has 0 amide bonds. The number of rotatable bonds is 8. The van der Waals surface area contributed by atoms with Gasteiger partial charge in [-0.2, -0.15) is 0 Å². The highest BCUT2D eigenvalue weighted by atomic mass is 35.5. The van der Waals surface area contributed by atoms with Gasteiger partial charge in [-0.15, -0.1) is 0 Å². The highest BCUT2D eigenvalue weighted by molar-refractivity contribution is 6.30. The van der Waals surface area contributed by atoms with E-state index in [1.54, 1.807) is 24.3 Å². The molecule has 1 aliphatic rings. The number of hydrogen-bond donors (Lipinski definition) is 0. The summed E-state index contributed by atoms with van der Waals surface area (Å²) in [7, 11) is 0. The van der Waals surface area contributed by atoms with E-state index in [0.717, 1.165) is 12.1 Å². The summed E-state index contributed by atoms with van der Waals surface area (Å²) in [5.41, 5.74) is 2.24. The fourth-order valence-electron chi connectivity index (χ4n) is 4.37. The molecule has 2 atom stereocenters. The smallest absolute Gasteiger partial charge is 0.307 e. The Morgan fingerprint density at radius 1 is 0.971 bits per heavy atom. The van der Waals surface area contributed by atoms with Crippen LogP contribution in [0.2, 0.25) is 5.02 Å². The minimum Gasteiger partial charge on any atom is -0.457 e. The van der Waals surface area contributed by atoms with Crippen LogP contribution in [-0.2, 0) is 20.9 Å². The van der Waals surface area contributed by atoms with E-state index in [1.165, 1.54) is 49.2 Å². The third-order valence-electron chi connectivity index (χ3n) is 6.03. The Morgan fingerprint density at radius 3 is 2.24 bits per heavy atom. The maximum Gasteiger partial charge on any atom is 0.307 e. The number of Topliss-reactive ketones (excluding diaryl/α,β-unsaturated/α-hetero) is 1. The Hall–Kier alpha value is -2.69. The van der Waals surface area contributed by atoms with Crippen molar-refractivity contribution in [2.75, 3.05) is 13.1 Å². The van der Waals surface area contributed by atoms with E-state index in [1.807, 2.05) is 0 Å². The number of ketones is 1. The van der Waals surface area contributed by atoms with Gasteiger partial charge in [-0.25, -0.2) is 0 Å². The summed E-state index contributed by atoms with van der Waals surface area (Å²) in [5.74, 6) is -0.709. The molecule has 0 radical (unpaired) electrons. The lowest BCUT2D eigenvalue weighted by molar-refractivity contribution is -0.141. The highest BCUT2D eigenvalue weighted by Crippen LogP contribution is 2.36. The lowest BCUT2D eigenvalue weighted by Gasteiger charge is -2.21. The number of nitrogens with zero attached hydrogens (tertiary/aromatic N) is 1. The molecule has 0 saturated carbocycles. The monoisotopic (exact) mass is 479 g/mol. The van der Waals surface area contributed by atoms with Crippen LogP contribution in [0.1, 0.15) is 57.3 Å². The largest absolute Gasteiger partial charge is 0.457 e. The number of halogens is 1. The van der Waals surface area contributed by atoms with E-state index in [9.17, 15) is 9.59 Å². The topological polar surface area (TPSA) is 46.6 Å². The van der Waals surface area contributed by atoms with Crippen molar-refractivity contribution in [3.05, 3.63) is 82.9 Å².